The molecule has 0 atom stereocenters. The van der Waals surface area contributed by atoms with Gasteiger partial charge < -0.3 is 28.9 Å². The molecule has 21 heteroatoms. The Bertz CT molecular complexity index is 2660. The molecular formula is C61H79N9O12. The highest BCUT2D eigenvalue weighted by Crippen LogP contribution is 2.49. The molecule has 3 fully saturated rings. The van der Waals surface area contributed by atoms with Gasteiger partial charge in [0.2, 0.25) is 35.4 Å². The summed E-state index contributed by atoms with van der Waals surface area (Å²) >= 11 is 0. The largest absolute Gasteiger partial charge is 0.470 e. The van der Waals surface area contributed by atoms with E-state index in [0.717, 1.165) is 53.2 Å². The summed E-state index contributed by atoms with van der Waals surface area (Å²) in [5.74, 6) is -8.55. The van der Waals surface area contributed by atoms with Crippen LogP contribution in [-0.4, -0.2) is 142 Å². The molecule has 0 aromatic carbocycles. The molecule has 6 aliphatic rings. The van der Waals surface area contributed by atoms with E-state index in [1.54, 1.807) is 0 Å². The number of hydrogen-bond donors (Lipinski definition) is 0. The van der Waals surface area contributed by atoms with Crippen molar-refractivity contribution in [1.29, 1.82) is 10.5 Å². The Hall–Kier alpha value is -7.86. The molecular weight excluding hydrogens is 1050 g/mol. The van der Waals surface area contributed by atoms with Crippen LogP contribution < -0.4 is 0 Å². The van der Waals surface area contributed by atoms with Gasteiger partial charge in [0.05, 0.1) is 36.2 Å². The number of carbonyl (C=O) groups excluding carboxylic acids is 9. The molecule has 0 spiro atoms. The van der Waals surface area contributed by atoms with Crippen molar-refractivity contribution in [1.82, 2.24) is 29.4 Å². The lowest BCUT2D eigenvalue weighted by Gasteiger charge is -2.41. The second-order valence-electron chi connectivity index (χ2n) is 24.7. The van der Waals surface area contributed by atoms with Crippen molar-refractivity contribution in [3.05, 3.63) is 79.2 Å². The van der Waals surface area contributed by atoms with Crippen LogP contribution in [0, 0.1) is 51.4 Å². The van der Waals surface area contributed by atoms with Gasteiger partial charge in [0.15, 0.2) is 0 Å². The average molecular weight is 1130 g/mol. The van der Waals surface area contributed by atoms with Crippen LogP contribution in [0.3, 0.4) is 0 Å². The zero-order valence-electron chi connectivity index (χ0n) is 49.9. The van der Waals surface area contributed by atoms with E-state index in [2.05, 4.69) is 19.5 Å². The third-order valence-corrected chi connectivity index (χ3v) is 15.8. The second kappa shape index (κ2) is 25.9. The van der Waals surface area contributed by atoms with E-state index in [0.29, 0.717) is 75.6 Å². The number of imide groups is 3. The van der Waals surface area contributed by atoms with Crippen LogP contribution >= 0.6 is 0 Å². The summed E-state index contributed by atoms with van der Waals surface area (Å²) in [6.07, 6.45) is 6.60. The monoisotopic (exact) mass is 1130 g/mol. The number of rotatable bonds is 15. The van der Waals surface area contributed by atoms with Gasteiger partial charge in [-0.3, -0.25) is 38.5 Å². The topological polar surface area (TPSA) is 253 Å². The van der Waals surface area contributed by atoms with Crippen LogP contribution in [0.15, 0.2) is 67.7 Å². The van der Waals surface area contributed by atoms with Crippen LogP contribution in [0.1, 0.15) is 160 Å². The Morgan fingerprint density at radius 2 is 0.720 bits per heavy atom. The van der Waals surface area contributed by atoms with Crippen molar-refractivity contribution in [2.45, 2.75) is 160 Å². The first kappa shape index (κ1) is 63.3. The molecule has 0 N–H and O–H groups in total. The van der Waals surface area contributed by atoms with Gasteiger partial charge in [-0.2, -0.15) is 10.5 Å². The third kappa shape index (κ3) is 14.2. The number of hydrogen-bond acceptors (Lipinski definition) is 17. The number of nitrogens with zero attached hydrogens (tertiary/aromatic N) is 9. The zero-order valence-corrected chi connectivity index (χ0v) is 49.9. The SMILES string of the molecule is [C-]#[N+]/C(C(=O)OCC(COC(=O)/C(C#N)=C1\CC(C)(C)CC(N2CCCC2)=C1N(C(C)=O)C(C)=O)COC(=O)/C(C#N)=C1\CC(C)(C)CC(N2CCCC2)=C1N(C(C)=O)C(C)=O)=C1/CC(C)(C)CC(N2CCCC2)=C1N(C(C)=O)C(C)=O. The maximum atomic E-state index is 14.6. The number of esters is 3. The fraction of sp³-hybridized carbons (Fsp3) is 0.607. The maximum absolute atomic E-state index is 14.6. The summed E-state index contributed by atoms with van der Waals surface area (Å²) < 4.78 is 17.7. The Balaban J connectivity index is 1.45. The molecule has 6 amide bonds. The molecule has 0 aromatic heterocycles. The van der Waals surface area contributed by atoms with Gasteiger partial charge in [0, 0.05) is 109 Å². The van der Waals surface area contributed by atoms with Gasteiger partial charge in [0.25, 0.3) is 5.70 Å². The molecule has 0 radical (unpaired) electrons. The van der Waals surface area contributed by atoms with Crippen LogP contribution in [0.25, 0.3) is 4.85 Å². The van der Waals surface area contributed by atoms with E-state index in [4.69, 9.17) is 20.8 Å². The van der Waals surface area contributed by atoms with Gasteiger partial charge in [-0.1, -0.05) is 41.5 Å². The number of amides is 6. The molecule has 3 saturated heterocycles. The normalized spacial score (nSPS) is 21.2. The first-order valence-corrected chi connectivity index (χ1v) is 28.3. The third-order valence-electron chi connectivity index (χ3n) is 15.8. The van der Waals surface area contributed by atoms with E-state index in [1.807, 2.05) is 53.7 Å². The minimum atomic E-state index is -1.28. The van der Waals surface area contributed by atoms with Crippen LogP contribution in [0.5, 0.6) is 0 Å². The van der Waals surface area contributed by atoms with E-state index < -0.39 is 112 Å². The van der Waals surface area contributed by atoms with E-state index in [9.17, 15) is 53.7 Å². The van der Waals surface area contributed by atoms with Gasteiger partial charge in [0.1, 0.15) is 36.5 Å². The van der Waals surface area contributed by atoms with Crippen molar-refractivity contribution in [3.63, 3.8) is 0 Å². The fourth-order valence-corrected chi connectivity index (χ4v) is 12.4. The lowest BCUT2D eigenvalue weighted by atomic mass is 9.73. The summed E-state index contributed by atoms with van der Waals surface area (Å²) in [7, 11) is 0. The summed E-state index contributed by atoms with van der Waals surface area (Å²) in [6.45, 7) is 29.0. The first-order valence-electron chi connectivity index (χ1n) is 28.3. The molecule has 3 aliphatic heterocycles. The molecule has 0 aromatic rings. The Morgan fingerprint density at radius 3 is 0.976 bits per heavy atom. The van der Waals surface area contributed by atoms with Crippen LogP contribution in [0.4, 0.5) is 0 Å². The minimum absolute atomic E-state index is 0.0852. The Kier molecular flexibility index (Phi) is 20.0. The highest BCUT2D eigenvalue weighted by atomic mass is 16.6. The predicted molar refractivity (Wildman–Crippen MR) is 297 cm³/mol. The highest BCUT2D eigenvalue weighted by Gasteiger charge is 2.45. The molecule has 21 nitrogen and oxygen atoms in total. The van der Waals surface area contributed by atoms with Crippen molar-refractivity contribution in [2.24, 2.45) is 22.2 Å². The lowest BCUT2D eigenvalue weighted by Crippen LogP contribution is -2.41. The summed E-state index contributed by atoms with van der Waals surface area (Å²) in [4.78, 5) is 136. The highest BCUT2D eigenvalue weighted by molar-refractivity contribution is 6.01. The van der Waals surface area contributed by atoms with E-state index >= 15 is 0 Å². The molecule has 3 heterocycles. The van der Waals surface area contributed by atoms with Crippen LogP contribution in [0.2, 0.25) is 0 Å². The number of allylic oxidation sites excluding steroid dienone is 6. The first-order chi connectivity index (χ1) is 38.5. The van der Waals surface area contributed by atoms with Crippen molar-refractivity contribution in [2.75, 3.05) is 59.1 Å². The van der Waals surface area contributed by atoms with E-state index in [1.165, 1.54) is 41.5 Å². The zero-order chi connectivity index (χ0) is 60.8. The van der Waals surface area contributed by atoms with Crippen molar-refractivity contribution >= 4 is 53.4 Å². The standard InChI is InChI=1S/C61H79N9O12/c1-37(71)68(38(2)72)53-44(26-59(7,8)29-49(53)65-20-14-15-21-65)47(32-62)56(77)80-34-43(35-81-57(78)48(33-63)45-27-60(9,10)30-50(66-22-16-17-23-66)54(45)69(39(3)73)40(4)74)36-82-58(79)52(64-13)46-28-61(11,12)31-51(67-24-18-19-25-67)55(46)70(41(5)75)42(6)76/h43H,14-31,34-36H2,1-12H3/b47-44+,48-45+,52-46-. The molecule has 0 unspecified atom stereocenters. The van der Waals surface area contributed by atoms with E-state index in [-0.39, 0.29) is 53.1 Å². The Morgan fingerprint density at radius 1 is 0.463 bits per heavy atom. The molecule has 6 rings (SSSR count). The summed E-state index contributed by atoms with van der Waals surface area (Å²) in [5.41, 5.74) is -0.607. The maximum Gasteiger partial charge on any atom is 0.349 e. The average Bonchev–Trinajstić information content (AvgIpc) is 4.36. The van der Waals surface area contributed by atoms with Gasteiger partial charge in [-0.25, -0.2) is 24.2 Å². The molecule has 0 bridgehead atoms. The molecule has 82 heavy (non-hydrogen) atoms. The number of likely N-dealkylation sites (tertiary alicyclic amines) is 3. The fourth-order valence-electron chi connectivity index (χ4n) is 12.4. The lowest BCUT2D eigenvalue weighted by molar-refractivity contribution is -0.149. The van der Waals surface area contributed by atoms with Gasteiger partial charge in [-0.05, 0) is 98.9 Å². The quantitative estimate of drug-likeness (QED) is 0.0503. The van der Waals surface area contributed by atoms with Crippen LogP contribution in [-0.2, 0) is 57.4 Å². The van der Waals surface area contributed by atoms with Crippen molar-refractivity contribution in [3.8, 4) is 12.1 Å². The molecule has 440 valence electrons. The molecule has 0 saturated carbocycles. The number of ether oxygens (including phenoxy) is 3. The summed E-state index contributed by atoms with van der Waals surface area (Å²) in [6, 6.07) is 3.95. The summed E-state index contributed by atoms with van der Waals surface area (Å²) in [5, 5.41) is 21.7. The predicted octanol–water partition coefficient (Wildman–Crippen LogP) is 7.61. The van der Waals surface area contributed by atoms with Gasteiger partial charge >= 0.3 is 17.9 Å². The number of carbonyl (C=O) groups is 9. The molecule has 3 aliphatic carbocycles. The minimum Gasteiger partial charge on any atom is -0.470 e. The second-order valence-corrected chi connectivity index (χ2v) is 24.7. The van der Waals surface area contributed by atoms with Gasteiger partial charge in [-0.15, -0.1) is 0 Å². The Labute approximate surface area is 481 Å². The smallest absolute Gasteiger partial charge is 0.349 e. The number of nitriles is 2. The van der Waals surface area contributed by atoms with Crippen molar-refractivity contribution < 1.29 is 57.4 Å².